The molecule has 6 fully saturated rings. The van der Waals surface area contributed by atoms with E-state index in [9.17, 15) is 32.4 Å². The van der Waals surface area contributed by atoms with Crippen LogP contribution in [-0.4, -0.2) is 90.1 Å². The van der Waals surface area contributed by atoms with Crippen molar-refractivity contribution in [2.75, 3.05) is 12.3 Å². The first-order valence-electron chi connectivity index (χ1n) is 19.7. The molecule has 0 radical (unpaired) electrons. The number of fused-ring (bicyclic) bond motifs is 1. The molecule has 0 bridgehead atoms. The number of sulfone groups is 1. The van der Waals surface area contributed by atoms with E-state index in [4.69, 9.17) is 0 Å². The van der Waals surface area contributed by atoms with E-state index in [0.29, 0.717) is 25.8 Å². The topological polar surface area (TPSA) is 171 Å². The first kappa shape index (κ1) is 38.0. The zero-order valence-corrected chi connectivity index (χ0v) is 32.2. The summed E-state index contributed by atoms with van der Waals surface area (Å²) in [7, 11) is -3.46. The molecule has 4 N–H and O–H groups in total. The quantitative estimate of drug-likeness (QED) is 0.197. The number of nitrogens with zero attached hydrogens (tertiary/aromatic N) is 1. The van der Waals surface area contributed by atoms with Crippen molar-refractivity contribution in [2.45, 2.75) is 166 Å². The molecule has 13 heteroatoms. The molecule has 6 rings (SSSR count). The number of piperidine rings is 1. The van der Waals surface area contributed by atoms with Gasteiger partial charge < -0.3 is 26.2 Å². The molecular formula is C38H61N5O7S. The van der Waals surface area contributed by atoms with E-state index < -0.39 is 67.8 Å². The molecule has 1 saturated heterocycles. The molecule has 5 saturated carbocycles. The van der Waals surface area contributed by atoms with Gasteiger partial charge in [0.2, 0.25) is 17.6 Å². The number of Topliss-reactive ketones (excluding diaryl/α,β-unsaturated/α-hetero) is 1. The Balaban J connectivity index is 1.23. The second-order valence-electron chi connectivity index (χ2n) is 18.2. The van der Waals surface area contributed by atoms with Crippen LogP contribution >= 0.6 is 0 Å². The highest BCUT2D eigenvalue weighted by Gasteiger charge is 2.70. The summed E-state index contributed by atoms with van der Waals surface area (Å²) in [5.74, 6) is -1.92. The van der Waals surface area contributed by atoms with Crippen molar-refractivity contribution in [2.24, 2.45) is 28.6 Å². The number of urea groups is 1. The Kier molecular flexibility index (Phi) is 10.6. The number of likely N-dealkylation sites (tertiary alicyclic amines) is 1. The Morgan fingerprint density at radius 3 is 2.00 bits per heavy atom. The van der Waals surface area contributed by atoms with Crippen LogP contribution < -0.4 is 21.3 Å². The molecule has 1 heterocycles. The second-order valence-corrected chi connectivity index (χ2v) is 20.7. The van der Waals surface area contributed by atoms with Crippen LogP contribution in [0.1, 0.15) is 131 Å². The number of carbonyl (C=O) groups is 5. The van der Waals surface area contributed by atoms with Crippen molar-refractivity contribution in [1.82, 2.24) is 26.2 Å². The zero-order valence-electron chi connectivity index (χ0n) is 31.4. The van der Waals surface area contributed by atoms with Crippen molar-refractivity contribution >= 4 is 39.4 Å². The summed E-state index contributed by atoms with van der Waals surface area (Å²) in [5, 5.41) is 11.3. The molecule has 1 aliphatic heterocycles. The maximum Gasteiger partial charge on any atom is 0.315 e. The van der Waals surface area contributed by atoms with E-state index in [-0.39, 0.29) is 40.9 Å². The van der Waals surface area contributed by atoms with Crippen LogP contribution in [0.3, 0.4) is 0 Å². The molecule has 286 valence electrons. The summed E-state index contributed by atoms with van der Waals surface area (Å²) in [6, 6.07) is -3.25. The van der Waals surface area contributed by atoms with Gasteiger partial charge in [-0.05, 0) is 87.4 Å². The van der Waals surface area contributed by atoms with E-state index in [1.165, 1.54) is 0 Å². The maximum atomic E-state index is 14.9. The Morgan fingerprint density at radius 2 is 1.43 bits per heavy atom. The number of rotatable bonds is 14. The second kappa shape index (κ2) is 14.3. The molecular weight excluding hydrogens is 671 g/mol. The predicted molar refractivity (Wildman–Crippen MR) is 193 cm³/mol. The minimum Gasteiger partial charge on any atom is -0.347 e. The summed E-state index contributed by atoms with van der Waals surface area (Å²) >= 11 is 0. The highest BCUT2D eigenvalue weighted by atomic mass is 32.2. The number of amides is 5. The average molecular weight is 732 g/mol. The van der Waals surface area contributed by atoms with Crippen molar-refractivity contribution in [3.63, 3.8) is 0 Å². The third-order valence-corrected chi connectivity index (χ3v) is 15.8. The van der Waals surface area contributed by atoms with Crippen LogP contribution in [0, 0.1) is 28.6 Å². The van der Waals surface area contributed by atoms with Gasteiger partial charge in [-0.3, -0.25) is 19.2 Å². The normalized spacial score (nSPS) is 28.9. The number of hydrogen-bond acceptors (Lipinski definition) is 7. The monoisotopic (exact) mass is 731 g/mol. The van der Waals surface area contributed by atoms with E-state index in [0.717, 1.165) is 77.0 Å². The molecule has 0 aromatic carbocycles. The zero-order chi connectivity index (χ0) is 36.9. The Hall–Kier alpha value is -2.70. The molecule has 0 spiro atoms. The maximum absolute atomic E-state index is 14.9. The number of carbonyl (C=O) groups excluding carboxylic acids is 5. The summed E-state index contributed by atoms with van der Waals surface area (Å²) in [4.78, 5) is 71.0. The van der Waals surface area contributed by atoms with Gasteiger partial charge >= 0.3 is 6.03 Å². The van der Waals surface area contributed by atoms with E-state index >= 15 is 0 Å². The lowest BCUT2D eigenvalue weighted by Gasteiger charge is -2.44. The van der Waals surface area contributed by atoms with Gasteiger partial charge in [-0.2, -0.15) is 0 Å². The van der Waals surface area contributed by atoms with Gasteiger partial charge in [0, 0.05) is 12.6 Å². The highest BCUT2D eigenvalue weighted by molar-refractivity contribution is 7.92. The fourth-order valence-corrected chi connectivity index (χ4v) is 10.9. The van der Waals surface area contributed by atoms with Gasteiger partial charge in [0.15, 0.2) is 9.84 Å². The minimum absolute atomic E-state index is 0.0186. The fourth-order valence-electron chi connectivity index (χ4n) is 9.47. The van der Waals surface area contributed by atoms with Crippen molar-refractivity contribution in [3.05, 3.63) is 0 Å². The van der Waals surface area contributed by atoms with Crippen LogP contribution in [0.2, 0.25) is 0 Å². The van der Waals surface area contributed by atoms with Gasteiger partial charge in [0.25, 0.3) is 5.91 Å². The smallest absolute Gasteiger partial charge is 0.315 e. The van der Waals surface area contributed by atoms with Crippen LogP contribution in [0.4, 0.5) is 4.79 Å². The highest BCUT2D eigenvalue weighted by Crippen LogP contribution is 2.65. The predicted octanol–water partition coefficient (Wildman–Crippen LogP) is 3.77. The third-order valence-electron chi connectivity index (χ3n) is 13.4. The van der Waals surface area contributed by atoms with Gasteiger partial charge in [0.05, 0.1) is 22.6 Å². The largest absolute Gasteiger partial charge is 0.347 e. The van der Waals surface area contributed by atoms with Crippen LogP contribution in [0.5, 0.6) is 0 Å². The SMILES string of the molecule is CC(C)S(=O)(=O)CC1(NC(=O)N[C@H](C(=O)N2C[C@H]3[C@@H]([C@H]2C(=O)NC(CC2CC2)C(=O)C(=O)NC2CC2)C3(C)C)C2(C)CCCCC2)CCCCC1. The van der Waals surface area contributed by atoms with Crippen molar-refractivity contribution < 1.29 is 32.4 Å². The van der Waals surface area contributed by atoms with Crippen molar-refractivity contribution in [1.29, 1.82) is 0 Å². The van der Waals surface area contributed by atoms with Gasteiger partial charge in [0.1, 0.15) is 12.1 Å². The van der Waals surface area contributed by atoms with Crippen molar-refractivity contribution in [3.8, 4) is 0 Å². The van der Waals surface area contributed by atoms with Gasteiger partial charge in [-0.25, -0.2) is 13.2 Å². The van der Waals surface area contributed by atoms with Gasteiger partial charge in [-0.1, -0.05) is 72.1 Å². The molecule has 1 unspecified atom stereocenters. The molecule has 5 amide bonds. The van der Waals surface area contributed by atoms with Crippen LogP contribution in [0.25, 0.3) is 0 Å². The number of nitrogens with one attached hydrogen (secondary N) is 4. The summed E-state index contributed by atoms with van der Waals surface area (Å²) < 4.78 is 26.3. The Labute approximate surface area is 304 Å². The summed E-state index contributed by atoms with van der Waals surface area (Å²) in [5.41, 5.74) is -1.66. The fraction of sp³-hybridized carbons (Fsp3) is 0.868. The van der Waals surface area contributed by atoms with Crippen LogP contribution in [-0.2, 0) is 29.0 Å². The average Bonchev–Trinajstić information content (AvgIpc) is 4.03. The summed E-state index contributed by atoms with van der Waals surface area (Å²) in [6.07, 6.45) is 12.0. The Bertz CT molecular complexity index is 1490. The summed E-state index contributed by atoms with van der Waals surface area (Å²) in [6.45, 7) is 9.91. The number of ketones is 1. The van der Waals surface area contributed by atoms with E-state index in [1.54, 1.807) is 18.7 Å². The van der Waals surface area contributed by atoms with E-state index in [1.807, 2.05) is 6.92 Å². The third kappa shape index (κ3) is 8.28. The van der Waals surface area contributed by atoms with E-state index in [2.05, 4.69) is 35.1 Å². The molecule has 0 aromatic rings. The minimum atomic E-state index is -3.46. The molecule has 12 nitrogen and oxygen atoms in total. The number of hydrogen-bond donors (Lipinski definition) is 4. The lowest BCUT2D eigenvalue weighted by molar-refractivity contribution is -0.146. The lowest BCUT2D eigenvalue weighted by atomic mass is 9.70. The first-order valence-corrected chi connectivity index (χ1v) is 21.4. The molecule has 5 atom stereocenters. The van der Waals surface area contributed by atoms with Crippen LogP contribution in [0.15, 0.2) is 0 Å². The molecule has 51 heavy (non-hydrogen) atoms. The Morgan fingerprint density at radius 1 is 0.824 bits per heavy atom. The standard InChI is InChI=1S/C38H61N5O7S/c1-23(2)51(49,50)22-38(18-10-7-11-19-38)42-35(48)41-31(37(5)16-8-6-9-17-37)34(47)43-21-26-28(36(26,3)4)29(43)32(45)40-27(20-24-12-13-24)30(44)33(46)39-25-14-15-25/h23-29,31H,6-22H2,1-5H3,(H,39,46)(H,40,45)(H2,41,42,48)/t26-,27?,28-,29-,31+/m0/s1. The first-order chi connectivity index (χ1) is 24.0. The lowest BCUT2D eigenvalue weighted by Crippen LogP contribution is -2.64. The molecule has 0 aromatic heterocycles. The van der Waals surface area contributed by atoms with Gasteiger partial charge in [-0.15, -0.1) is 0 Å². The molecule has 6 aliphatic rings. The molecule has 5 aliphatic carbocycles.